The monoisotopic (exact) mass is 351 g/mol. The molecule has 1 saturated carbocycles. The Bertz CT molecular complexity index is 669. The number of guanidine groups is 1. The lowest BCUT2D eigenvalue weighted by atomic mass is 9.86. The Morgan fingerprint density at radius 1 is 1.25 bits per heavy atom. The second-order valence-corrected chi connectivity index (χ2v) is 9.65. The van der Waals surface area contributed by atoms with Crippen LogP contribution in [0.1, 0.15) is 45.6 Å². The Morgan fingerprint density at radius 2 is 1.88 bits per heavy atom. The minimum Gasteiger partial charge on any atom is -0.370 e. The fourth-order valence-electron chi connectivity index (χ4n) is 2.55. The molecule has 1 aliphatic rings. The molecule has 3 N–H and O–H groups in total. The Kier molecular flexibility index (Phi) is 5.91. The maximum absolute atomic E-state index is 12.4. The van der Waals surface area contributed by atoms with Crippen molar-refractivity contribution >= 4 is 15.8 Å². The van der Waals surface area contributed by atoms with Gasteiger partial charge in [0.15, 0.2) is 15.8 Å². The number of nitrogens with one attached hydrogen (secondary N) is 1. The molecule has 5 nitrogen and oxygen atoms in total. The van der Waals surface area contributed by atoms with Gasteiger partial charge in [0.1, 0.15) is 0 Å². The first-order chi connectivity index (χ1) is 11.2. The zero-order chi connectivity index (χ0) is 17.8. The Morgan fingerprint density at radius 3 is 2.38 bits per heavy atom. The summed E-state index contributed by atoms with van der Waals surface area (Å²) in [5.41, 5.74) is 6.91. The van der Waals surface area contributed by atoms with Crippen LogP contribution in [0.4, 0.5) is 0 Å². The quantitative estimate of drug-likeness (QED) is 0.609. The van der Waals surface area contributed by atoms with Crippen molar-refractivity contribution in [1.82, 2.24) is 5.32 Å². The molecule has 0 radical (unpaired) electrons. The van der Waals surface area contributed by atoms with E-state index in [2.05, 4.69) is 31.1 Å². The second-order valence-electron chi connectivity index (χ2n) is 7.54. The predicted molar refractivity (Wildman–Crippen MR) is 99.0 cm³/mol. The van der Waals surface area contributed by atoms with E-state index in [1.807, 2.05) is 12.1 Å². The summed E-state index contributed by atoms with van der Waals surface area (Å²) in [6.07, 6.45) is 3.71. The number of nitrogens with zero attached hydrogens (tertiary/aromatic N) is 1. The van der Waals surface area contributed by atoms with Crippen molar-refractivity contribution in [2.45, 2.75) is 50.3 Å². The topological polar surface area (TPSA) is 84.5 Å². The minimum atomic E-state index is -3.32. The van der Waals surface area contributed by atoms with Gasteiger partial charge in [0.2, 0.25) is 0 Å². The van der Waals surface area contributed by atoms with Gasteiger partial charge < -0.3 is 11.1 Å². The van der Waals surface area contributed by atoms with Gasteiger partial charge in [-0.3, -0.25) is 4.99 Å². The molecule has 0 atom stereocenters. The highest BCUT2D eigenvalue weighted by Gasteiger charge is 2.18. The first-order valence-corrected chi connectivity index (χ1v) is 10.2. The summed E-state index contributed by atoms with van der Waals surface area (Å²) >= 11 is 0. The average Bonchev–Trinajstić information content (AvgIpc) is 2.44. The summed E-state index contributed by atoms with van der Waals surface area (Å²) in [5, 5.41) is 2.90. The van der Waals surface area contributed by atoms with Gasteiger partial charge in [-0.15, -0.1) is 0 Å². The third-order valence-corrected chi connectivity index (χ3v) is 6.23. The molecule has 0 bridgehead atoms. The molecule has 0 unspecified atom stereocenters. The van der Waals surface area contributed by atoms with Crippen LogP contribution in [0.15, 0.2) is 34.2 Å². The van der Waals surface area contributed by atoms with Gasteiger partial charge in [-0.2, -0.15) is 0 Å². The van der Waals surface area contributed by atoms with E-state index in [-0.39, 0.29) is 17.7 Å². The van der Waals surface area contributed by atoms with Crippen molar-refractivity contribution in [2.75, 3.05) is 18.8 Å². The molecule has 1 aliphatic carbocycles. The van der Waals surface area contributed by atoms with Crippen molar-refractivity contribution in [2.24, 2.45) is 16.6 Å². The van der Waals surface area contributed by atoms with E-state index in [0.717, 1.165) is 12.1 Å². The molecule has 2 rings (SSSR count). The number of nitrogens with two attached hydrogens (primary N) is 1. The Balaban J connectivity index is 1.86. The molecule has 0 amide bonds. The molecule has 0 heterocycles. The van der Waals surface area contributed by atoms with E-state index in [0.29, 0.717) is 16.8 Å². The number of rotatable bonds is 6. The summed E-state index contributed by atoms with van der Waals surface area (Å²) < 4.78 is 24.8. The number of hydrogen-bond acceptors (Lipinski definition) is 3. The van der Waals surface area contributed by atoms with Crippen molar-refractivity contribution in [3.8, 4) is 0 Å². The van der Waals surface area contributed by atoms with Crippen LogP contribution in [0.3, 0.4) is 0 Å². The van der Waals surface area contributed by atoms with Crippen LogP contribution < -0.4 is 11.1 Å². The van der Waals surface area contributed by atoms with Gasteiger partial charge in [0, 0.05) is 13.1 Å². The highest BCUT2D eigenvalue weighted by atomic mass is 32.2. The van der Waals surface area contributed by atoms with Crippen molar-refractivity contribution in [3.63, 3.8) is 0 Å². The van der Waals surface area contributed by atoms with Crippen molar-refractivity contribution < 1.29 is 8.42 Å². The van der Waals surface area contributed by atoms with Crippen LogP contribution in [0.5, 0.6) is 0 Å². The van der Waals surface area contributed by atoms with Crippen LogP contribution in [0.25, 0.3) is 0 Å². The standard InChI is InChI=1S/C18H29N3O2S/c1-18(2,3)15-7-9-16(10-8-15)24(22,23)12-11-20-17(19)21-13-14-5-4-6-14/h7-10,14H,4-6,11-13H2,1-3H3,(H3,19,20,21). The van der Waals surface area contributed by atoms with Gasteiger partial charge in [-0.05, 0) is 41.9 Å². The van der Waals surface area contributed by atoms with Crippen LogP contribution >= 0.6 is 0 Å². The molecular formula is C18H29N3O2S. The summed E-state index contributed by atoms with van der Waals surface area (Å²) in [5.74, 6) is 0.984. The lowest BCUT2D eigenvalue weighted by molar-refractivity contribution is 0.326. The molecule has 6 heteroatoms. The van der Waals surface area contributed by atoms with Crippen molar-refractivity contribution in [1.29, 1.82) is 0 Å². The molecule has 1 aromatic rings. The third kappa shape index (κ3) is 5.23. The normalized spacial score (nSPS) is 16.7. The maximum atomic E-state index is 12.4. The number of aliphatic imine (C=N–C) groups is 1. The fraction of sp³-hybridized carbons (Fsp3) is 0.611. The molecule has 24 heavy (non-hydrogen) atoms. The molecule has 0 aliphatic heterocycles. The number of hydrogen-bond donors (Lipinski definition) is 2. The van der Waals surface area contributed by atoms with E-state index >= 15 is 0 Å². The molecule has 1 fully saturated rings. The second kappa shape index (κ2) is 7.55. The van der Waals surface area contributed by atoms with Crippen LogP contribution in [0, 0.1) is 5.92 Å². The smallest absolute Gasteiger partial charge is 0.188 e. The molecule has 134 valence electrons. The first kappa shape index (κ1) is 18.8. The zero-order valence-corrected chi connectivity index (χ0v) is 15.7. The van der Waals surface area contributed by atoms with Crippen LogP contribution in [-0.4, -0.2) is 33.2 Å². The highest BCUT2D eigenvalue weighted by molar-refractivity contribution is 7.91. The summed E-state index contributed by atoms with van der Waals surface area (Å²) in [6.45, 7) is 7.31. The lowest BCUT2D eigenvalue weighted by Crippen LogP contribution is -2.36. The van der Waals surface area contributed by atoms with E-state index in [1.165, 1.54) is 19.3 Å². The SMILES string of the molecule is CC(C)(C)c1ccc(S(=O)(=O)CCNC(N)=NCC2CCC2)cc1. The largest absolute Gasteiger partial charge is 0.370 e. The summed E-state index contributed by atoms with van der Waals surface area (Å²) in [7, 11) is -3.32. The van der Waals surface area contributed by atoms with Gasteiger partial charge >= 0.3 is 0 Å². The third-order valence-electron chi connectivity index (χ3n) is 4.50. The molecule has 1 aromatic carbocycles. The van der Waals surface area contributed by atoms with Gasteiger partial charge in [-0.1, -0.05) is 39.3 Å². The van der Waals surface area contributed by atoms with Gasteiger partial charge in [0.05, 0.1) is 10.6 Å². The van der Waals surface area contributed by atoms with Gasteiger partial charge in [0.25, 0.3) is 0 Å². The summed E-state index contributed by atoms with van der Waals surface area (Å²) in [4.78, 5) is 4.61. The molecule has 0 aromatic heterocycles. The number of sulfone groups is 1. The zero-order valence-electron chi connectivity index (χ0n) is 14.9. The van der Waals surface area contributed by atoms with E-state index in [1.54, 1.807) is 12.1 Å². The minimum absolute atomic E-state index is 0.00150. The van der Waals surface area contributed by atoms with Gasteiger partial charge in [-0.25, -0.2) is 8.42 Å². The molecule has 0 saturated heterocycles. The van der Waals surface area contributed by atoms with E-state index < -0.39 is 9.84 Å². The number of benzene rings is 1. The lowest BCUT2D eigenvalue weighted by Gasteiger charge is -2.23. The first-order valence-electron chi connectivity index (χ1n) is 8.55. The van der Waals surface area contributed by atoms with Crippen LogP contribution in [-0.2, 0) is 15.3 Å². The highest BCUT2D eigenvalue weighted by Crippen LogP contribution is 2.26. The molecular weight excluding hydrogens is 322 g/mol. The van der Waals surface area contributed by atoms with E-state index in [9.17, 15) is 8.42 Å². The van der Waals surface area contributed by atoms with Crippen molar-refractivity contribution in [3.05, 3.63) is 29.8 Å². The fourth-order valence-corrected chi connectivity index (χ4v) is 3.71. The van der Waals surface area contributed by atoms with Crippen LogP contribution in [0.2, 0.25) is 0 Å². The van der Waals surface area contributed by atoms with E-state index in [4.69, 9.17) is 5.73 Å². The summed E-state index contributed by atoms with van der Waals surface area (Å²) in [6, 6.07) is 7.14. The Hall–Kier alpha value is -1.56. The average molecular weight is 352 g/mol. The Labute approximate surface area is 145 Å². The predicted octanol–water partition coefficient (Wildman–Crippen LogP) is 2.46. The maximum Gasteiger partial charge on any atom is 0.188 e. The molecule has 0 spiro atoms.